The Morgan fingerprint density at radius 1 is 0.317 bits per heavy atom. The molecule has 0 saturated carbocycles. The number of ether oxygens (including phenoxy) is 13. The second-order valence-corrected chi connectivity index (χ2v) is 34.7. The quantitative estimate of drug-likeness (QED) is 0.0489. The van der Waals surface area contributed by atoms with Gasteiger partial charge < -0.3 is 121 Å². The van der Waals surface area contributed by atoms with Gasteiger partial charge in [0.2, 0.25) is 0 Å². The van der Waals surface area contributed by atoms with Gasteiger partial charge in [-0.15, -0.1) is 37.2 Å². The molecule has 0 spiro atoms. The van der Waals surface area contributed by atoms with Crippen LogP contribution in [0, 0.1) is 0 Å². The Kier molecular flexibility index (Phi) is 51.9. The van der Waals surface area contributed by atoms with Crippen LogP contribution >= 0.6 is 37.2 Å². The third-order valence-electron chi connectivity index (χ3n) is 22.0. The molecule has 43 heteroatoms. The van der Waals surface area contributed by atoms with Crippen molar-refractivity contribution in [3.05, 3.63) is 246 Å². The fraction of sp³-hybridized carbons (Fsp3) is 0.531. The Bertz CT molecular complexity index is 5240. The van der Waals surface area contributed by atoms with E-state index in [4.69, 9.17) is 70.3 Å². The summed E-state index contributed by atoms with van der Waals surface area (Å²) in [6.45, 7) is 21.6. The van der Waals surface area contributed by atoms with E-state index in [1.807, 2.05) is 0 Å². The number of nitrogens with zero attached hydrogens (tertiary/aromatic N) is 7. The number of hydrogen-bond acceptors (Lipinski definition) is 31. The number of esters is 3. The monoisotopic (exact) mass is 2010 g/mol. The average Bonchev–Trinajstić information content (AvgIpc) is 0.806. The Balaban J connectivity index is 0.000000278. The van der Waals surface area contributed by atoms with Gasteiger partial charge in [-0.1, -0.05) is 0 Å². The number of nitrogen functional groups attached to an aromatic ring is 3. The van der Waals surface area contributed by atoms with Crippen molar-refractivity contribution in [1.29, 1.82) is 0 Å². The molecule has 2 amide bonds. The number of carbonyl (C=O) groups excluding carboxylic acids is 5. The van der Waals surface area contributed by atoms with Crippen molar-refractivity contribution in [2.24, 2.45) is 5.73 Å². The maximum atomic E-state index is 12.4. The second kappa shape index (κ2) is 61.1. The lowest BCUT2D eigenvalue weighted by Gasteiger charge is -2.24. The molecule has 8 aromatic heterocycles. The van der Waals surface area contributed by atoms with Gasteiger partial charge in [-0.25, -0.2) is 28.8 Å². The Hall–Kier alpha value is -11.5. The molecule has 8 aromatic rings. The van der Waals surface area contributed by atoms with Crippen molar-refractivity contribution in [2.45, 2.75) is 204 Å². The predicted octanol–water partition coefficient (Wildman–Crippen LogP) is 11.2. The zero-order chi connectivity index (χ0) is 98.7. The van der Waals surface area contributed by atoms with Gasteiger partial charge in [-0.05, 0) is 241 Å². The molecule has 0 aromatic carbocycles. The van der Waals surface area contributed by atoms with Crippen LogP contribution in [-0.4, -0.2) is 206 Å². The third kappa shape index (κ3) is 38.5. The van der Waals surface area contributed by atoms with Crippen LogP contribution in [0.2, 0.25) is 0 Å². The molecule has 0 bridgehead atoms. The van der Waals surface area contributed by atoms with Crippen molar-refractivity contribution in [2.75, 3.05) is 155 Å². The number of amides is 2. The first kappa shape index (κ1) is 118. The van der Waals surface area contributed by atoms with Crippen LogP contribution in [0.4, 0.5) is 38.0 Å². The highest BCUT2D eigenvalue weighted by Crippen LogP contribution is 2.25. The number of nitrogens with two attached hydrogens (primary N) is 4. The number of methoxy groups -OCH3 is 3. The Morgan fingerprint density at radius 3 is 0.770 bits per heavy atom. The highest BCUT2D eigenvalue weighted by atomic mass is 35.5. The van der Waals surface area contributed by atoms with Crippen molar-refractivity contribution >= 4 is 95.8 Å². The topological polar surface area (TPSA) is 518 Å². The summed E-state index contributed by atoms with van der Waals surface area (Å²) in [5.41, 5.74) is 20.3. The normalized spacial score (nSPS) is 19.7. The van der Waals surface area contributed by atoms with Crippen LogP contribution in [0.25, 0.3) is 0 Å². The maximum Gasteiger partial charge on any atom is 0.412 e. The molecule has 139 heavy (non-hydrogen) atoms. The molecule has 8 saturated heterocycles. The molecular weight excluding hydrogens is 1870 g/mol. The summed E-state index contributed by atoms with van der Waals surface area (Å²) in [6.07, 6.45) is 27.7. The first-order valence-electron chi connectivity index (χ1n) is 45.7. The second-order valence-electron chi connectivity index (χ2n) is 34.7. The molecule has 8 aliphatic heterocycles. The predicted molar refractivity (Wildman–Crippen MR) is 530 cm³/mol. The smallest absolute Gasteiger partial charge is 0.412 e. The minimum Gasteiger partial charge on any atom is -0.465 e. The van der Waals surface area contributed by atoms with Crippen LogP contribution in [-0.2, 0) is 61.6 Å². The molecule has 16 heterocycles. The lowest BCUT2D eigenvalue weighted by molar-refractivity contribution is 0.0553. The van der Waals surface area contributed by atoms with Crippen LogP contribution in [0.15, 0.2) is 189 Å². The molecule has 6 unspecified atom stereocenters. The number of carbonyl (C=O) groups is 5. The van der Waals surface area contributed by atoms with E-state index in [1.54, 1.807) is 190 Å². The number of rotatable bonds is 12. The van der Waals surface area contributed by atoms with E-state index in [9.17, 15) is 62.3 Å². The van der Waals surface area contributed by atoms with Gasteiger partial charge in [0.25, 0.3) is 38.9 Å². The standard InChI is InChI=1S/2C15H22N2O4.2C12H15NO4.3C10H14N2O2.C7H6O4.C5H11NO.3ClH/c2*1-15(2,3)21-14(19)16-12-7-4-8-17(13(12)18)11-6-5-9-20-10-11;2*1-16-12(15)10-5-2-6-13(11(10)14)9-4-3-7-17-8-9;3*11-9-4-1-5-12(10(9)13)8-3-2-6-14-7-8;1-10-6(8)5-3-2-4-11-7(5)9;6-5-2-1-3-7-4-5;;;/h2*4,7-8,11H,5-6,9-10H2,1-3H3,(H,16,19);2*2,5-6,9H,3-4,7-8H2,1H3;3*1,4-5,8H,2-3,6-7,11H2;2-4H,1H3;5H,1-4,6H2;3*1H/t;;;;2*8-;;;;;;/m....10....../s1. The molecule has 768 valence electrons. The fourth-order valence-electron chi connectivity index (χ4n) is 15.2. The largest absolute Gasteiger partial charge is 0.465 e. The Morgan fingerprint density at radius 2 is 0.547 bits per heavy atom. The number of anilines is 5. The number of pyridine rings is 7. The van der Waals surface area contributed by atoms with Gasteiger partial charge in [-0.2, -0.15) is 0 Å². The molecule has 16 rings (SSSR count). The SMILES string of the molecule is CC(C)(C)OC(=O)Nc1cccn(C2CCCOC2)c1=O.CC(C)(C)OC(=O)Nc1cccn(C2CCCOC2)c1=O.COC(=O)c1cccn(C2CCCOC2)c1=O.COC(=O)c1cccn(C2CCCOC2)c1=O.COC(=O)c1cccoc1=O.Cl.Cl.Cl.NC1CCCOC1.Nc1cccn(C2CCCOC2)c1=O.Nc1cccn([C@@H]2CCCOC2)c1=O.Nc1cccn([C@H]2CCCOC2)c1=O. The molecule has 0 radical (unpaired) electrons. The first-order chi connectivity index (χ1) is 65.2. The minimum atomic E-state index is -0.681. The zero-order valence-electron chi connectivity index (χ0n) is 80.3. The lowest BCUT2D eigenvalue weighted by atomic mass is 10.1. The van der Waals surface area contributed by atoms with Crippen LogP contribution < -0.4 is 78.1 Å². The summed E-state index contributed by atoms with van der Waals surface area (Å²) in [4.78, 5) is 152. The van der Waals surface area contributed by atoms with Crippen molar-refractivity contribution in [3.63, 3.8) is 0 Å². The molecule has 10 N–H and O–H groups in total. The summed E-state index contributed by atoms with van der Waals surface area (Å²) in [5.74, 6) is -1.87. The van der Waals surface area contributed by atoms with E-state index < -0.39 is 46.9 Å². The maximum absolute atomic E-state index is 12.4. The summed E-state index contributed by atoms with van der Waals surface area (Å²) in [5, 5.41) is 5.02. The van der Waals surface area contributed by atoms with Crippen LogP contribution in [0.3, 0.4) is 0 Å². The molecule has 0 aliphatic carbocycles. The molecular formula is C96H136Cl3N13O27. The van der Waals surface area contributed by atoms with Gasteiger partial charge in [-0.3, -0.25) is 44.2 Å². The van der Waals surface area contributed by atoms with Gasteiger partial charge in [0.05, 0.1) is 140 Å². The average molecular weight is 2010 g/mol. The van der Waals surface area contributed by atoms with Crippen molar-refractivity contribution in [3.8, 4) is 0 Å². The first-order valence-corrected chi connectivity index (χ1v) is 45.7. The highest BCUT2D eigenvalue weighted by molar-refractivity contribution is 5.90. The summed E-state index contributed by atoms with van der Waals surface area (Å²) in [6, 6.07) is 26.9. The third-order valence-corrected chi connectivity index (χ3v) is 22.0. The Labute approximate surface area is 824 Å². The number of aromatic nitrogens is 7. The summed E-state index contributed by atoms with van der Waals surface area (Å²) >= 11 is 0. The fourth-order valence-corrected chi connectivity index (χ4v) is 15.2. The number of nitrogens with one attached hydrogen (secondary N) is 2. The molecule has 40 nitrogen and oxygen atoms in total. The van der Waals surface area contributed by atoms with Crippen molar-refractivity contribution in [1.82, 2.24) is 32.0 Å². The van der Waals surface area contributed by atoms with Gasteiger partial charge in [0.15, 0.2) is 0 Å². The molecule has 8 fully saturated rings. The summed E-state index contributed by atoms with van der Waals surface area (Å²) in [7, 11) is 3.74. The summed E-state index contributed by atoms with van der Waals surface area (Å²) < 4.78 is 82.1. The van der Waals surface area contributed by atoms with Gasteiger partial charge in [0.1, 0.15) is 39.3 Å². The van der Waals surface area contributed by atoms with E-state index in [-0.39, 0.29) is 146 Å². The van der Waals surface area contributed by atoms with E-state index in [2.05, 4.69) is 29.3 Å². The molecule has 8 aliphatic rings. The zero-order valence-corrected chi connectivity index (χ0v) is 82.7. The van der Waals surface area contributed by atoms with Crippen LogP contribution in [0.5, 0.6) is 0 Å². The highest BCUT2D eigenvalue weighted by Gasteiger charge is 2.28. The minimum absolute atomic E-state index is 0. The molecule has 8 atom stereocenters. The van der Waals surface area contributed by atoms with E-state index in [0.717, 1.165) is 162 Å². The number of hydrogen-bond donors (Lipinski definition) is 6. The van der Waals surface area contributed by atoms with Crippen molar-refractivity contribution < 1.29 is 90.0 Å². The van der Waals surface area contributed by atoms with E-state index in [1.165, 1.54) is 51.9 Å². The van der Waals surface area contributed by atoms with E-state index in [0.29, 0.717) is 69.4 Å². The number of halogens is 3. The van der Waals surface area contributed by atoms with Crippen LogP contribution in [0.1, 0.15) is 218 Å². The lowest BCUT2D eigenvalue weighted by Crippen LogP contribution is -2.33. The van der Waals surface area contributed by atoms with E-state index >= 15 is 0 Å². The van der Waals surface area contributed by atoms with Gasteiger partial charge >= 0.3 is 35.7 Å². The van der Waals surface area contributed by atoms with Gasteiger partial charge in [0, 0.05) is 102 Å².